The van der Waals surface area contributed by atoms with Gasteiger partial charge < -0.3 is 20.2 Å². The number of carbonyl (C=O) groups is 1. The molecule has 0 fully saturated rings. The Hall–Kier alpha value is -4.19. The summed E-state index contributed by atoms with van der Waals surface area (Å²) in [6.45, 7) is 0. The number of aromatic carboxylic acids is 1. The Bertz CT molecular complexity index is 1480. The molecular weight excluding hydrogens is 450 g/mol. The first kappa shape index (κ1) is 22.3. The molecule has 1 aliphatic carbocycles. The summed E-state index contributed by atoms with van der Waals surface area (Å²) in [5.41, 5.74) is 7.10. The maximum absolute atomic E-state index is 11.4. The Morgan fingerprint density at radius 1 is 0.806 bits per heavy atom. The highest BCUT2D eigenvalue weighted by molar-refractivity contribution is 5.88. The molecule has 3 atom stereocenters. The minimum Gasteiger partial charge on any atom is -0.478 e. The van der Waals surface area contributed by atoms with Gasteiger partial charge in [-0.3, -0.25) is 0 Å². The monoisotopic (exact) mass is 475 g/mol. The van der Waals surface area contributed by atoms with Crippen LogP contribution in [0.1, 0.15) is 56.4 Å². The minimum atomic E-state index is -1.06. The first-order valence-corrected chi connectivity index (χ1v) is 12.0. The van der Waals surface area contributed by atoms with Crippen molar-refractivity contribution in [2.45, 2.75) is 24.7 Å². The van der Waals surface area contributed by atoms with E-state index >= 15 is 0 Å². The van der Waals surface area contributed by atoms with Gasteiger partial charge in [-0.15, -0.1) is 0 Å². The summed E-state index contributed by atoms with van der Waals surface area (Å²) in [4.78, 5) is 13.7. The third-order valence-electron chi connectivity index (χ3n) is 7.19. The zero-order valence-corrected chi connectivity index (χ0v) is 19.5. The summed E-state index contributed by atoms with van der Waals surface area (Å²) in [5.74, 6) is -1.06. The Kier molecular flexibility index (Phi) is 5.44. The molecule has 1 heterocycles. The number of aliphatic hydroxyl groups is 2. The number of anilines is 2. The van der Waals surface area contributed by atoms with Crippen LogP contribution >= 0.6 is 0 Å². The Labute approximate surface area is 209 Å². The van der Waals surface area contributed by atoms with Crippen LogP contribution in [0.3, 0.4) is 0 Å². The predicted octanol–water partition coefficient (Wildman–Crippen LogP) is 5.98. The smallest absolute Gasteiger partial charge is 0.335 e. The molecule has 1 aliphatic heterocycles. The van der Waals surface area contributed by atoms with Gasteiger partial charge in [0.15, 0.2) is 0 Å². The van der Waals surface area contributed by atoms with Gasteiger partial charge in [0.2, 0.25) is 0 Å². The maximum Gasteiger partial charge on any atom is 0.335 e. The van der Waals surface area contributed by atoms with Crippen molar-refractivity contribution in [3.63, 3.8) is 0 Å². The number of benzene rings is 4. The Balaban J connectivity index is 1.38. The summed E-state index contributed by atoms with van der Waals surface area (Å²) >= 11 is 0. The van der Waals surface area contributed by atoms with E-state index < -0.39 is 18.2 Å². The molecule has 178 valence electrons. The average Bonchev–Trinajstić information content (AvgIpc) is 3.40. The molecule has 0 amide bonds. The van der Waals surface area contributed by atoms with Crippen LogP contribution in [0.2, 0.25) is 0 Å². The van der Waals surface area contributed by atoms with Gasteiger partial charge in [-0.05, 0) is 82.3 Å². The molecule has 5 nitrogen and oxygen atoms in total. The topological polar surface area (TPSA) is 81.0 Å². The number of rotatable bonds is 4. The molecule has 0 radical (unpaired) electrons. The number of hydrogen-bond donors (Lipinski definition) is 3. The Morgan fingerprint density at radius 2 is 1.50 bits per heavy atom. The van der Waals surface area contributed by atoms with E-state index in [0.717, 1.165) is 23.4 Å². The third kappa shape index (κ3) is 3.70. The van der Waals surface area contributed by atoms with Crippen molar-refractivity contribution in [1.82, 2.24) is 0 Å². The second-order valence-corrected chi connectivity index (χ2v) is 9.32. The van der Waals surface area contributed by atoms with E-state index in [9.17, 15) is 20.1 Å². The minimum absolute atomic E-state index is 0.0896. The van der Waals surface area contributed by atoms with Gasteiger partial charge in [0.05, 0.1) is 11.6 Å². The van der Waals surface area contributed by atoms with Gasteiger partial charge in [-0.25, -0.2) is 4.79 Å². The summed E-state index contributed by atoms with van der Waals surface area (Å²) in [5, 5.41) is 31.1. The fraction of sp³-hybridized carbons (Fsp3) is 0.129. The Morgan fingerprint density at radius 3 is 2.22 bits per heavy atom. The zero-order valence-electron chi connectivity index (χ0n) is 19.5. The molecule has 5 heteroatoms. The predicted molar refractivity (Wildman–Crippen MR) is 139 cm³/mol. The number of fused-ring (bicyclic) bond motifs is 2. The number of nitrogens with zero attached hydrogens (tertiary/aromatic N) is 1. The lowest BCUT2D eigenvalue weighted by molar-refractivity contribution is 0.0696. The van der Waals surface area contributed by atoms with Crippen LogP contribution in [-0.4, -0.2) is 21.3 Å². The summed E-state index contributed by atoms with van der Waals surface area (Å²) in [6.07, 6.45) is 0.613. The lowest BCUT2D eigenvalue weighted by Gasteiger charge is -2.28. The van der Waals surface area contributed by atoms with E-state index in [2.05, 4.69) is 53.4 Å². The van der Waals surface area contributed by atoms with E-state index in [-0.39, 0.29) is 11.6 Å². The van der Waals surface area contributed by atoms with Crippen LogP contribution in [0.25, 0.3) is 6.08 Å². The van der Waals surface area contributed by atoms with Gasteiger partial charge in [0, 0.05) is 11.4 Å². The van der Waals surface area contributed by atoms with Crippen molar-refractivity contribution in [1.29, 1.82) is 0 Å². The molecule has 0 spiro atoms. The van der Waals surface area contributed by atoms with E-state index in [4.69, 9.17) is 0 Å². The van der Waals surface area contributed by atoms with Crippen LogP contribution in [0.15, 0.2) is 103 Å². The van der Waals surface area contributed by atoms with Crippen LogP contribution in [0, 0.1) is 0 Å². The van der Waals surface area contributed by atoms with Gasteiger partial charge in [-0.2, -0.15) is 0 Å². The van der Waals surface area contributed by atoms with Crippen LogP contribution < -0.4 is 4.90 Å². The lowest BCUT2D eigenvalue weighted by atomic mass is 10.00. The first-order valence-electron chi connectivity index (χ1n) is 12.0. The fourth-order valence-corrected chi connectivity index (χ4v) is 5.46. The molecule has 2 aliphatic rings. The van der Waals surface area contributed by atoms with Crippen molar-refractivity contribution in [2.75, 3.05) is 4.90 Å². The molecule has 0 saturated carbocycles. The molecule has 4 aromatic rings. The van der Waals surface area contributed by atoms with Crippen molar-refractivity contribution in [3.05, 3.63) is 136 Å². The van der Waals surface area contributed by atoms with E-state index in [0.29, 0.717) is 16.7 Å². The molecular formula is C31H25NO4. The third-order valence-corrected chi connectivity index (χ3v) is 7.19. The highest BCUT2D eigenvalue weighted by atomic mass is 16.4. The fourth-order valence-electron chi connectivity index (χ4n) is 5.46. The summed E-state index contributed by atoms with van der Waals surface area (Å²) < 4.78 is 0. The average molecular weight is 476 g/mol. The van der Waals surface area contributed by atoms with E-state index in [1.165, 1.54) is 23.3 Å². The molecule has 0 bridgehead atoms. The molecule has 6 rings (SSSR count). The summed E-state index contributed by atoms with van der Waals surface area (Å²) in [6, 6.07) is 31.7. The summed E-state index contributed by atoms with van der Waals surface area (Å²) in [7, 11) is 0. The molecule has 4 aromatic carbocycles. The highest BCUT2D eigenvalue weighted by Crippen LogP contribution is 2.47. The van der Waals surface area contributed by atoms with Gasteiger partial charge in [0.25, 0.3) is 0 Å². The van der Waals surface area contributed by atoms with Crippen molar-refractivity contribution in [2.24, 2.45) is 0 Å². The van der Waals surface area contributed by atoms with Gasteiger partial charge >= 0.3 is 5.97 Å². The maximum atomic E-state index is 11.4. The molecule has 3 unspecified atom stereocenters. The van der Waals surface area contributed by atoms with E-state index in [1.54, 1.807) is 6.07 Å². The number of para-hydroxylation sites is 1. The van der Waals surface area contributed by atoms with Crippen LogP contribution in [-0.2, 0) is 6.42 Å². The number of hydrogen-bond acceptors (Lipinski definition) is 4. The second kappa shape index (κ2) is 8.79. The van der Waals surface area contributed by atoms with Crippen molar-refractivity contribution < 1.29 is 20.1 Å². The molecule has 36 heavy (non-hydrogen) atoms. The van der Waals surface area contributed by atoms with Gasteiger partial charge in [-0.1, -0.05) is 60.7 Å². The SMILES string of the molecule is O=C(O)c1ccc2c(c1)C(O)C(=Cc1ccc3c(c1)CC(c1ccccc1)N3c1ccccc1)C2O. The first-order chi connectivity index (χ1) is 17.5. The van der Waals surface area contributed by atoms with Crippen LogP contribution in [0.4, 0.5) is 11.4 Å². The molecule has 0 saturated heterocycles. The van der Waals surface area contributed by atoms with E-state index in [1.807, 2.05) is 36.4 Å². The highest BCUT2D eigenvalue weighted by Gasteiger charge is 2.35. The largest absolute Gasteiger partial charge is 0.478 e. The standard InChI is InChI=1S/C31H25NO4/c33-29-24-13-12-21(31(35)36)17-25(24)30(34)26(29)16-19-11-14-27-22(15-19)18-28(20-7-3-1-4-8-20)32(27)23-9-5-2-6-10-23/h1-17,28-30,33-34H,18H2,(H,35,36). The quantitative estimate of drug-likeness (QED) is 0.338. The van der Waals surface area contributed by atoms with Crippen molar-refractivity contribution >= 4 is 23.4 Å². The normalized spacial score (nSPS) is 21.4. The molecule has 3 N–H and O–H groups in total. The number of aliphatic hydroxyl groups excluding tert-OH is 2. The lowest BCUT2D eigenvalue weighted by Crippen LogP contribution is -2.19. The number of carboxylic acids is 1. The van der Waals surface area contributed by atoms with Gasteiger partial charge in [0.1, 0.15) is 12.2 Å². The second-order valence-electron chi connectivity index (χ2n) is 9.32. The zero-order chi connectivity index (χ0) is 24.8. The van der Waals surface area contributed by atoms with Crippen molar-refractivity contribution in [3.8, 4) is 0 Å². The van der Waals surface area contributed by atoms with Crippen LogP contribution in [0.5, 0.6) is 0 Å². The molecule has 0 aromatic heterocycles. The number of carboxylic acid groups (broad SMARTS) is 1.